The molecule has 21 heavy (non-hydrogen) atoms. The molecule has 6 heteroatoms. The highest BCUT2D eigenvalue weighted by Gasteiger charge is 2.32. The van der Waals surface area contributed by atoms with Gasteiger partial charge in [-0.2, -0.15) is 5.10 Å². The van der Waals surface area contributed by atoms with E-state index in [1.807, 2.05) is 17.0 Å². The summed E-state index contributed by atoms with van der Waals surface area (Å²) in [6, 6.07) is 3.98. The van der Waals surface area contributed by atoms with Gasteiger partial charge < -0.3 is 9.80 Å². The Morgan fingerprint density at radius 2 is 2.10 bits per heavy atom. The first-order valence-corrected chi connectivity index (χ1v) is 7.77. The zero-order valence-electron chi connectivity index (χ0n) is 12.6. The van der Waals surface area contributed by atoms with Crippen molar-refractivity contribution < 1.29 is 4.79 Å². The number of likely N-dealkylation sites (N-methyl/N-ethyl adjacent to an activating group) is 1. The van der Waals surface area contributed by atoms with Gasteiger partial charge in [-0.15, -0.1) is 5.10 Å². The molecule has 114 valence electrons. The Balaban J connectivity index is 1.62. The molecule has 2 fully saturated rings. The lowest BCUT2D eigenvalue weighted by atomic mass is 10.2. The van der Waals surface area contributed by atoms with Gasteiger partial charge in [-0.05, 0) is 45.0 Å². The highest BCUT2D eigenvalue weighted by atomic mass is 16.2. The van der Waals surface area contributed by atoms with Crippen LogP contribution in [0.3, 0.4) is 0 Å². The van der Waals surface area contributed by atoms with Gasteiger partial charge in [-0.3, -0.25) is 9.69 Å². The fourth-order valence-corrected chi connectivity index (χ4v) is 3.26. The minimum absolute atomic E-state index is 0.0908. The molecule has 3 rings (SSSR count). The summed E-state index contributed by atoms with van der Waals surface area (Å²) in [6.07, 6.45) is 4.80. The van der Waals surface area contributed by atoms with Crippen molar-refractivity contribution in [2.75, 3.05) is 44.7 Å². The minimum Gasteiger partial charge on any atom is -0.353 e. The number of rotatable bonds is 2. The number of carbonyl (C=O) groups excluding carboxylic acids is 1. The molecule has 1 aromatic rings. The standard InChI is InChI=1S/C15H23N5O/c1-18-8-3-5-13(18)15(21)20-10-4-9-19(11-12-20)14-6-2-7-16-17-14/h2,6-7,13H,3-5,8-12H2,1H3/t13-/m0/s1. The lowest BCUT2D eigenvalue weighted by Gasteiger charge is -2.27. The number of likely N-dealkylation sites (tertiary alicyclic amines) is 1. The molecule has 2 aliphatic heterocycles. The number of carbonyl (C=O) groups is 1. The maximum atomic E-state index is 12.6. The van der Waals surface area contributed by atoms with E-state index in [0.717, 1.165) is 57.8 Å². The van der Waals surface area contributed by atoms with E-state index in [1.165, 1.54) is 0 Å². The van der Waals surface area contributed by atoms with E-state index in [0.29, 0.717) is 5.91 Å². The quantitative estimate of drug-likeness (QED) is 0.798. The molecule has 1 amide bonds. The summed E-state index contributed by atoms with van der Waals surface area (Å²) < 4.78 is 0. The second kappa shape index (κ2) is 6.39. The largest absolute Gasteiger partial charge is 0.353 e. The number of nitrogens with zero attached hydrogens (tertiary/aromatic N) is 5. The summed E-state index contributed by atoms with van der Waals surface area (Å²) in [4.78, 5) is 19.1. The molecule has 1 atom stereocenters. The van der Waals surface area contributed by atoms with Crippen molar-refractivity contribution in [3.8, 4) is 0 Å². The minimum atomic E-state index is 0.0908. The average molecular weight is 289 g/mol. The third kappa shape index (κ3) is 3.15. The van der Waals surface area contributed by atoms with Crippen LogP contribution < -0.4 is 4.90 Å². The van der Waals surface area contributed by atoms with Crippen molar-refractivity contribution in [3.63, 3.8) is 0 Å². The SMILES string of the molecule is CN1CCC[C@H]1C(=O)N1CCCN(c2cccnn2)CC1. The molecule has 1 aromatic heterocycles. The van der Waals surface area contributed by atoms with Crippen LogP contribution in [-0.2, 0) is 4.79 Å². The second-order valence-corrected chi connectivity index (χ2v) is 5.89. The summed E-state index contributed by atoms with van der Waals surface area (Å²) in [5.41, 5.74) is 0. The zero-order valence-corrected chi connectivity index (χ0v) is 12.6. The van der Waals surface area contributed by atoms with E-state index in [9.17, 15) is 4.79 Å². The Bertz CT molecular complexity index is 480. The lowest BCUT2D eigenvalue weighted by molar-refractivity contribution is -0.135. The van der Waals surface area contributed by atoms with Crippen LogP contribution in [0.2, 0.25) is 0 Å². The first kappa shape index (κ1) is 14.3. The molecule has 0 unspecified atom stereocenters. The van der Waals surface area contributed by atoms with Gasteiger partial charge >= 0.3 is 0 Å². The van der Waals surface area contributed by atoms with Gasteiger partial charge in [0.2, 0.25) is 5.91 Å². The molecule has 0 spiro atoms. The summed E-state index contributed by atoms with van der Waals surface area (Å²) in [7, 11) is 2.05. The molecule has 3 heterocycles. The molecule has 2 aliphatic rings. The van der Waals surface area contributed by atoms with E-state index in [4.69, 9.17) is 0 Å². The zero-order chi connectivity index (χ0) is 14.7. The Morgan fingerprint density at radius 1 is 1.19 bits per heavy atom. The Kier molecular flexibility index (Phi) is 4.34. The van der Waals surface area contributed by atoms with Gasteiger partial charge in [0.1, 0.15) is 0 Å². The monoisotopic (exact) mass is 289 g/mol. The maximum Gasteiger partial charge on any atom is 0.239 e. The number of aromatic nitrogens is 2. The average Bonchev–Trinajstić information content (AvgIpc) is 2.80. The van der Waals surface area contributed by atoms with Crippen LogP contribution in [0.15, 0.2) is 18.3 Å². The number of hydrogen-bond donors (Lipinski definition) is 0. The molecule has 2 saturated heterocycles. The van der Waals surface area contributed by atoms with Crippen LogP contribution in [0, 0.1) is 0 Å². The van der Waals surface area contributed by atoms with Crippen LogP contribution in [0.4, 0.5) is 5.82 Å². The number of anilines is 1. The predicted molar refractivity (Wildman–Crippen MR) is 81.1 cm³/mol. The van der Waals surface area contributed by atoms with E-state index in [1.54, 1.807) is 6.20 Å². The second-order valence-electron chi connectivity index (χ2n) is 5.89. The number of amides is 1. The van der Waals surface area contributed by atoms with E-state index < -0.39 is 0 Å². The van der Waals surface area contributed by atoms with Crippen molar-refractivity contribution >= 4 is 11.7 Å². The van der Waals surface area contributed by atoms with Crippen LogP contribution in [0.25, 0.3) is 0 Å². The van der Waals surface area contributed by atoms with Crippen molar-refractivity contribution in [1.29, 1.82) is 0 Å². The summed E-state index contributed by atoms with van der Waals surface area (Å²) in [5, 5.41) is 8.11. The predicted octanol–water partition coefficient (Wildman–Crippen LogP) is 0.609. The van der Waals surface area contributed by atoms with Crippen LogP contribution in [0.5, 0.6) is 0 Å². The Morgan fingerprint density at radius 3 is 2.81 bits per heavy atom. The number of hydrogen-bond acceptors (Lipinski definition) is 5. The third-order valence-corrected chi connectivity index (χ3v) is 4.50. The molecule has 0 saturated carbocycles. The van der Waals surface area contributed by atoms with Crippen molar-refractivity contribution in [3.05, 3.63) is 18.3 Å². The summed E-state index contributed by atoms with van der Waals surface area (Å²) >= 11 is 0. The molecule has 0 N–H and O–H groups in total. The molecule has 0 radical (unpaired) electrons. The summed E-state index contributed by atoms with van der Waals surface area (Å²) in [6.45, 7) is 4.43. The molecular formula is C15H23N5O. The fraction of sp³-hybridized carbons (Fsp3) is 0.667. The van der Waals surface area contributed by atoms with Crippen molar-refractivity contribution in [2.24, 2.45) is 0 Å². The Labute approximate surface area is 125 Å². The van der Waals surface area contributed by atoms with Gasteiger partial charge in [0.15, 0.2) is 5.82 Å². The maximum absolute atomic E-state index is 12.6. The topological polar surface area (TPSA) is 52.6 Å². The van der Waals surface area contributed by atoms with Crippen LogP contribution in [-0.4, -0.2) is 71.7 Å². The van der Waals surface area contributed by atoms with Gasteiger partial charge in [-0.1, -0.05) is 0 Å². The van der Waals surface area contributed by atoms with Gasteiger partial charge in [0, 0.05) is 32.4 Å². The van der Waals surface area contributed by atoms with Crippen molar-refractivity contribution in [2.45, 2.75) is 25.3 Å². The van der Waals surface area contributed by atoms with Crippen LogP contribution in [0.1, 0.15) is 19.3 Å². The van der Waals surface area contributed by atoms with Gasteiger partial charge in [0.05, 0.1) is 6.04 Å². The molecular weight excluding hydrogens is 266 g/mol. The molecule has 0 aliphatic carbocycles. The van der Waals surface area contributed by atoms with E-state index >= 15 is 0 Å². The Hall–Kier alpha value is -1.69. The normalized spacial score (nSPS) is 24.1. The van der Waals surface area contributed by atoms with Gasteiger partial charge in [0.25, 0.3) is 0 Å². The fourth-order valence-electron chi connectivity index (χ4n) is 3.26. The lowest BCUT2D eigenvalue weighted by Crippen LogP contribution is -2.45. The molecule has 0 aromatic carbocycles. The first-order valence-electron chi connectivity index (χ1n) is 7.77. The summed E-state index contributed by atoms with van der Waals surface area (Å²) in [5.74, 6) is 1.21. The molecule has 6 nitrogen and oxygen atoms in total. The smallest absolute Gasteiger partial charge is 0.239 e. The highest BCUT2D eigenvalue weighted by Crippen LogP contribution is 2.19. The van der Waals surface area contributed by atoms with Crippen LogP contribution >= 0.6 is 0 Å². The van der Waals surface area contributed by atoms with E-state index in [2.05, 4.69) is 27.0 Å². The molecule has 0 bridgehead atoms. The van der Waals surface area contributed by atoms with Gasteiger partial charge in [-0.25, -0.2) is 0 Å². The van der Waals surface area contributed by atoms with Crippen molar-refractivity contribution in [1.82, 2.24) is 20.0 Å². The first-order chi connectivity index (χ1) is 10.3. The third-order valence-electron chi connectivity index (χ3n) is 4.50. The van der Waals surface area contributed by atoms with E-state index in [-0.39, 0.29) is 6.04 Å². The highest BCUT2D eigenvalue weighted by molar-refractivity contribution is 5.82.